The molecule has 2 rings (SSSR count). The first kappa shape index (κ1) is 13.4. The molecule has 0 bridgehead atoms. The molecule has 0 amide bonds. The third kappa shape index (κ3) is 2.54. The Kier molecular flexibility index (Phi) is 4.16. The second-order valence-corrected chi connectivity index (χ2v) is 6.90. The van der Waals surface area contributed by atoms with Gasteiger partial charge in [-0.05, 0) is 43.5 Å². The molecule has 0 aliphatic rings. The van der Waals surface area contributed by atoms with Gasteiger partial charge in [-0.2, -0.15) is 0 Å². The minimum atomic E-state index is 0.136. The van der Waals surface area contributed by atoms with E-state index < -0.39 is 0 Å². The lowest BCUT2D eigenvalue weighted by Crippen LogP contribution is -2.15. The van der Waals surface area contributed by atoms with Gasteiger partial charge in [-0.15, -0.1) is 22.7 Å². The number of thiophene rings is 2. The number of rotatable bonds is 3. The molecule has 92 valence electrons. The van der Waals surface area contributed by atoms with E-state index in [0.29, 0.717) is 0 Å². The first-order valence-corrected chi connectivity index (χ1v) is 7.66. The van der Waals surface area contributed by atoms with Crippen LogP contribution in [0, 0.1) is 13.8 Å². The summed E-state index contributed by atoms with van der Waals surface area (Å²) in [5.74, 6) is 0. The molecule has 0 aliphatic heterocycles. The Morgan fingerprint density at radius 1 is 1.24 bits per heavy atom. The van der Waals surface area contributed by atoms with E-state index in [9.17, 15) is 0 Å². The van der Waals surface area contributed by atoms with Crippen molar-refractivity contribution in [2.24, 2.45) is 0 Å². The summed E-state index contributed by atoms with van der Waals surface area (Å²) in [5.41, 5.74) is 2.25. The average molecular weight is 306 g/mol. The molecule has 2 heterocycles. The Bertz CT molecular complexity index is 511. The van der Waals surface area contributed by atoms with Gasteiger partial charge < -0.3 is 5.32 Å². The van der Waals surface area contributed by atoms with Gasteiger partial charge in [0, 0.05) is 9.75 Å². The highest BCUT2D eigenvalue weighted by Gasteiger charge is 2.20. The fraction of sp³-hybridized carbons (Fsp3) is 0.333. The van der Waals surface area contributed by atoms with E-state index in [2.05, 4.69) is 16.8 Å². The van der Waals surface area contributed by atoms with Gasteiger partial charge in [0.25, 0.3) is 0 Å². The molecule has 5 heteroatoms. The van der Waals surface area contributed by atoms with Crippen molar-refractivity contribution in [3.63, 3.8) is 0 Å². The van der Waals surface area contributed by atoms with Gasteiger partial charge in [0.2, 0.25) is 0 Å². The summed E-state index contributed by atoms with van der Waals surface area (Å²) in [5, 5.41) is 6.25. The molecule has 0 aromatic carbocycles. The Balaban J connectivity index is 2.43. The minimum absolute atomic E-state index is 0.136. The molecule has 0 saturated heterocycles. The minimum Gasteiger partial charge on any atom is -0.308 e. The van der Waals surface area contributed by atoms with Crippen molar-refractivity contribution in [1.29, 1.82) is 0 Å². The van der Waals surface area contributed by atoms with Gasteiger partial charge in [0.05, 0.1) is 15.4 Å². The first-order chi connectivity index (χ1) is 8.04. The predicted molar refractivity (Wildman–Crippen MR) is 79.0 cm³/mol. The molecular weight excluding hydrogens is 293 g/mol. The van der Waals surface area contributed by atoms with E-state index in [1.807, 2.05) is 20.9 Å². The maximum atomic E-state index is 6.32. The molecule has 1 atom stereocenters. The second-order valence-electron chi connectivity index (χ2n) is 3.92. The van der Waals surface area contributed by atoms with Crippen LogP contribution in [0.3, 0.4) is 0 Å². The summed E-state index contributed by atoms with van der Waals surface area (Å²) in [7, 11) is 1.94. The van der Waals surface area contributed by atoms with Crippen molar-refractivity contribution >= 4 is 45.9 Å². The second kappa shape index (κ2) is 5.29. The van der Waals surface area contributed by atoms with E-state index >= 15 is 0 Å². The number of halogens is 2. The number of hydrogen-bond donors (Lipinski definition) is 1. The third-order valence-corrected chi connectivity index (χ3v) is 6.04. The molecule has 1 nitrogen and oxygen atoms in total. The zero-order chi connectivity index (χ0) is 12.6. The smallest absolute Gasteiger partial charge is 0.0961 e. The van der Waals surface area contributed by atoms with Gasteiger partial charge in [-0.1, -0.05) is 23.2 Å². The molecule has 17 heavy (non-hydrogen) atoms. The van der Waals surface area contributed by atoms with Crippen LogP contribution in [0.5, 0.6) is 0 Å². The normalized spacial score (nSPS) is 13.0. The standard InChI is InChI=1S/C12H13Cl2NS2/c1-6-4-8(17-12(6)14)10(15-3)11-9(13)7(2)5-16-11/h4-5,10,15H,1-3H3. The van der Waals surface area contributed by atoms with Gasteiger partial charge >= 0.3 is 0 Å². The lowest BCUT2D eigenvalue weighted by Gasteiger charge is -2.13. The van der Waals surface area contributed by atoms with Crippen LogP contribution in [0.2, 0.25) is 9.36 Å². The monoisotopic (exact) mass is 305 g/mol. The summed E-state index contributed by atoms with van der Waals surface area (Å²) in [4.78, 5) is 2.36. The van der Waals surface area contributed by atoms with E-state index in [-0.39, 0.29) is 6.04 Å². The summed E-state index contributed by atoms with van der Waals surface area (Å²) >= 11 is 15.7. The Hall–Kier alpha value is -0.0600. The van der Waals surface area contributed by atoms with Gasteiger partial charge in [0.15, 0.2) is 0 Å². The topological polar surface area (TPSA) is 12.0 Å². The molecule has 2 aromatic heterocycles. The number of hydrogen-bond acceptors (Lipinski definition) is 3. The van der Waals surface area contributed by atoms with Crippen molar-refractivity contribution in [1.82, 2.24) is 5.32 Å². The lowest BCUT2D eigenvalue weighted by atomic mass is 10.1. The van der Waals surface area contributed by atoms with Crippen molar-refractivity contribution < 1.29 is 0 Å². The van der Waals surface area contributed by atoms with Crippen molar-refractivity contribution in [3.05, 3.63) is 41.7 Å². The first-order valence-electron chi connectivity index (χ1n) is 5.21. The summed E-state index contributed by atoms with van der Waals surface area (Å²) in [6.07, 6.45) is 0. The molecule has 0 saturated carbocycles. The quantitative estimate of drug-likeness (QED) is 0.837. The zero-order valence-corrected chi connectivity index (χ0v) is 12.9. The van der Waals surface area contributed by atoms with Crippen LogP contribution in [-0.4, -0.2) is 7.05 Å². The molecule has 0 fully saturated rings. The Labute approximate surface area is 119 Å². The number of nitrogens with one attached hydrogen (secondary N) is 1. The molecule has 0 spiro atoms. The maximum Gasteiger partial charge on any atom is 0.0961 e. The molecule has 0 radical (unpaired) electrons. The van der Waals surface area contributed by atoms with E-state index in [0.717, 1.165) is 25.4 Å². The van der Waals surface area contributed by atoms with Crippen LogP contribution in [0.4, 0.5) is 0 Å². The highest BCUT2D eigenvalue weighted by molar-refractivity contribution is 7.16. The molecule has 2 aromatic rings. The van der Waals surface area contributed by atoms with Crippen LogP contribution < -0.4 is 5.32 Å². The summed E-state index contributed by atoms with van der Waals surface area (Å²) in [6, 6.07) is 2.26. The highest BCUT2D eigenvalue weighted by atomic mass is 35.5. The van der Waals surface area contributed by atoms with Gasteiger partial charge in [0.1, 0.15) is 0 Å². The largest absolute Gasteiger partial charge is 0.308 e. The molecule has 1 N–H and O–H groups in total. The average Bonchev–Trinajstić information content (AvgIpc) is 2.78. The van der Waals surface area contributed by atoms with Gasteiger partial charge in [-0.3, -0.25) is 0 Å². The maximum absolute atomic E-state index is 6.32. The van der Waals surface area contributed by atoms with Crippen molar-refractivity contribution in [3.8, 4) is 0 Å². The SMILES string of the molecule is CNC(c1cc(C)c(Cl)s1)c1scc(C)c1Cl. The Morgan fingerprint density at radius 3 is 2.35 bits per heavy atom. The van der Waals surface area contributed by atoms with E-state index in [1.165, 1.54) is 4.88 Å². The zero-order valence-electron chi connectivity index (χ0n) is 9.80. The van der Waals surface area contributed by atoms with Crippen molar-refractivity contribution in [2.75, 3.05) is 7.05 Å². The highest BCUT2D eigenvalue weighted by Crippen LogP contribution is 2.39. The van der Waals surface area contributed by atoms with Crippen LogP contribution in [0.25, 0.3) is 0 Å². The predicted octanol–water partition coefficient (Wildman–Crippen LogP) is 5.04. The van der Waals surface area contributed by atoms with E-state index in [4.69, 9.17) is 23.2 Å². The van der Waals surface area contributed by atoms with Crippen LogP contribution in [0.15, 0.2) is 11.4 Å². The van der Waals surface area contributed by atoms with Crippen molar-refractivity contribution in [2.45, 2.75) is 19.9 Å². The van der Waals surface area contributed by atoms with Gasteiger partial charge in [-0.25, -0.2) is 0 Å². The molecule has 0 aliphatic carbocycles. The van der Waals surface area contributed by atoms with Crippen LogP contribution >= 0.6 is 45.9 Å². The third-order valence-electron chi connectivity index (χ3n) is 2.64. The molecular formula is C12H13Cl2NS2. The summed E-state index contributed by atoms with van der Waals surface area (Å²) < 4.78 is 0.852. The lowest BCUT2D eigenvalue weighted by molar-refractivity contribution is 0.716. The fourth-order valence-corrected chi connectivity index (χ4v) is 4.51. The van der Waals surface area contributed by atoms with Crippen LogP contribution in [-0.2, 0) is 0 Å². The summed E-state index contributed by atoms with van der Waals surface area (Å²) in [6.45, 7) is 4.05. The Morgan fingerprint density at radius 2 is 1.94 bits per heavy atom. The number of aryl methyl sites for hydroxylation is 2. The molecule has 1 unspecified atom stereocenters. The fourth-order valence-electron chi connectivity index (χ4n) is 1.67. The van der Waals surface area contributed by atoms with E-state index in [1.54, 1.807) is 22.7 Å². The van der Waals surface area contributed by atoms with Crippen LogP contribution in [0.1, 0.15) is 26.9 Å².